The minimum Gasteiger partial charge on any atom is -0.464 e. The van der Waals surface area contributed by atoms with Gasteiger partial charge in [0.25, 0.3) is 0 Å². The van der Waals surface area contributed by atoms with Gasteiger partial charge in [0.1, 0.15) is 17.4 Å². The molecule has 29 heavy (non-hydrogen) atoms. The number of halogens is 1. The zero-order valence-electron chi connectivity index (χ0n) is 15.3. The topological polar surface area (TPSA) is 77.3 Å². The minimum atomic E-state index is -1.02. The summed E-state index contributed by atoms with van der Waals surface area (Å²) in [5.41, 5.74) is 8.87. The number of hydrogen-bond donors (Lipinski definition) is 1. The van der Waals surface area contributed by atoms with Crippen LogP contribution in [0.1, 0.15) is 22.9 Å². The predicted molar refractivity (Wildman–Crippen MR) is 107 cm³/mol. The summed E-state index contributed by atoms with van der Waals surface area (Å²) in [6.07, 6.45) is 3.58. The Hall–Kier alpha value is -3.10. The number of aromatic nitrogens is 2. The van der Waals surface area contributed by atoms with Gasteiger partial charge in [-0.2, -0.15) is 5.10 Å². The zero-order valence-corrected chi connectivity index (χ0v) is 16.1. The van der Waals surface area contributed by atoms with E-state index in [2.05, 4.69) is 5.10 Å². The molecule has 0 saturated carbocycles. The van der Waals surface area contributed by atoms with Crippen molar-refractivity contribution in [2.24, 2.45) is 5.73 Å². The second kappa shape index (κ2) is 7.06. The summed E-state index contributed by atoms with van der Waals surface area (Å²) >= 11 is 1.49. The van der Waals surface area contributed by atoms with Gasteiger partial charge in [-0.3, -0.25) is 4.79 Å². The van der Waals surface area contributed by atoms with Crippen molar-refractivity contribution in [3.8, 4) is 0 Å². The van der Waals surface area contributed by atoms with Crippen LogP contribution in [0.4, 0.5) is 4.39 Å². The van der Waals surface area contributed by atoms with E-state index in [0.717, 1.165) is 27.1 Å². The van der Waals surface area contributed by atoms with Gasteiger partial charge < -0.3 is 15.1 Å². The smallest absolute Gasteiger partial charge is 0.244 e. The predicted octanol–water partition coefficient (Wildman–Crippen LogP) is 3.87. The Morgan fingerprint density at radius 1 is 1.21 bits per heavy atom. The number of fused-ring (bicyclic) bond motifs is 2. The van der Waals surface area contributed by atoms with E-state index in [-0.39, 0.29) is 11.5 Å². The molecule has 1 aliphatic heterocycles. The van der Waals surface area contributed by atoms with E-state index in [4.69, 9.17) is 10.2 Å². The molecular weight excluding hydrogens is 391 g/mol. The van der Waals surface area contributed by atoms with E-state index in [1.807, 2.05) is 30.5 Å². The summed E-state index contributed by atoms with van der Waals surface area (Å²) in [5.74, 6) is -0.779. The van der Waals surface area contributed by atoms with Gasteiger partial charge >= 0.3 is 0 Å². The SMILES string of the molecule is NC(C(=O)N1Cc2cn(Sc3ccc4occc4c3)nc2C1)c1ccccc1F. The van der Waals surface area contributed by atoms with E-state index >= 15 is 0 Å². The third kappa shape index (κ3) is 3.30. The maximum Gasteiger partial charge on any atom is 0.244 e. The monoisotopic (exact) mass is 408 g/mol. The lowest BCUT2D eigenvalue weighted by Crippen LogP contribution is -2.35. The number of carbonyl (C=O) groups excluding carboxylic acids is 1. The number of rotatable bonds is 4. The average molecular weight is 408 g/mol. The van der Waals surface area contributed by atoms with Crippen LogP contribution in [0.2, 0.25) is 0 Å². The lowest BCUT2D eigenvalue weighted by Gasteiger charge is -2.21. The lowest BCUT2D eigenvalue weighted by molar-refractivity contribution is -0.133. The normalized spacial score (nSPS) is 14.3. The second-order valence-electron chi connectivity index (χ2n) is 6.91. The largest absolute Gasteiger partial charge is 0.464 e. The number of nitrogens with two attached hydrogens (primary N) is 1. The van der Waals surface area contributed by atoms with Gasteiger partial charge in [0, 0.05) is 46.1 Å². The number of nitrogens with zero attached hydrogens (tertiary/aromatic N) is 3. The molecule has 1 aliphatic rings. The number of amides is 1. The molecule has 0 spiro atoms. The maximum absolute atomic E-state index is 14.0. The number of furan rings is 1. The van der Waals surface area contributed by atoms with Gasteiger partial charge in [0.2, 0.25) is 5.91 Å². The van der Waals surface area contributed by atoms with Crippen LogP contribution in [0.15, 0.2) is 70.3 Å². The summed E-state index contributed by atoms with van der Waals surface area (Å²) < 4.78 is 21.1. The highest BCUT2D eigenvalue weighted by Crippen LogP contribution is 2.30. The highest BCUT2D eigenvalue weighted by atomic mass is 32.2. The molecule has 4 aromatic rings. The Morgan fingerprint density at radius 2 is 2.07 bits per heavy atom. The first kappa shape index (κ1) is 18.0. The minimum absolute atomic E-state index is 0.206. The molecule has 1 atom stereocenters. The number of carbonyl (C=O) groups is 1. The van der Waals surface area contributed by atoms with Crippen LogP contribution in [-0.2, 0) is 17.9 Å². The molecule has 0 fully saturated rings. The van der Waals surface area contributed by atoms with Gasteiger partial charge in [-0.15, -0.1) is 0 Å². The molecule has 6 nitrogen and oxygen atoms in total. The van der Waals surface area contributed by atoms with Gasteiger partial charge in [0.15, 0.2) is 0 Å². The molecule has 146 valence electrons. The molecule has 0 radical (unpaired) electrons. The van der Waals surface area contributed by atoms with Crippen molar-refractivity contribution in [3.05, 3.63) is 83.6 Å². The molecule has 2 aromatic carbocycles. The maximum atomic E-state index is 14.0. The molecule has 2 aromatic heterocycles. The quantitative estimate of drug-likeness (QED) is 0.555. The first-order valence-electron chi connectivity index (χ1n) is 9.10. The van der Waals surface area contributed by atoms with Crippen LogP contribution in [0.5, 0.6) is 0 Å². The summed E-state index contributed by atoms with van der Waals surface area (Å²) in [6.45, 7) is 0.780. The fourth-order valence-electron chi connectivity index (χ4n) is 3.50. The first-order valence-corrected chi connectivity index (χ1v) is 9.87. The van der Waals surface area contributed by atoms with Gasteiger partial charge in [0.05, 0.1) is 18.5 Å². The second-order valence-corrected chi connectivity index (χ2v) is 7.94. The average Bonchev–Trinajstić information content (AvgIpc) is 3.41. The Bertz CT molecular complexity index is 1190. The third-order valence-electron chi connectivity index (χ3n) is 5.00. The van der Waals surface area contributed by atoms with Crippen molar-refractivity contribution in [3.63, 3.8) is 0 Å². The first-order chi connectivity index (χ1) is 14.1. The molecule has 2 N–H and O–H groups in total. The fourth-order valence-corrected chi connectivity index (χ4v) is 4.34. The van der Waals surface area contributed by atoms with E-state index in [9.17, 15) is 9.18 Å². The standard InChI is InChI=1S/C21H17FN4O2S/c22-17-4-2-1-3-16(17)20(23)21(27)25-10-14-11-26(24-18(14)12-25)29-15-5-6-19-13(9-15)7-8-28-19/h1-9,11,20H,10,12,23H2. The Morgan fingerprint density at radius 3 is 2.90 bits per heavy atom. The molecular formula is C21H17FN4O2S. The van der Waals surface area contributed by atoms with E-state index < -0.39 is 11.9 Å². The van der Waals surface area contributed by atoms with Crippen molar-refractivity contribution >= 4 is 28.8 Å². The molecule has 1 unspecified atom stereocenters. The zero-order chi connectivity index (χ0) is 20.0. The van der Waals surface area contributed by atoms with E-state index in [0.29, 0.717) is 13.1 Å². The third-order valence-corrected chi connectivity index (χ3v) is 5.84. The van der Waals surface area contributed by atoms with Crippen LogP contribution in [0.25, 0.3) is 11.0 Å². The fraction of sp³-hybridized carbons (Fsp3) is 0.143. The molecule has 0 bridgehead atoms. The van der Waals surface area contributed by atoms with E-state index in [1.165, 1.54) is 18.0 Å². The Balaban J connectivity index is 1.29. The summed E-state index contributed by atoms with van der Waals surface area (Å²) in [6, 6.07) is 12.9. The summed E-state index contributed by atoms with van der Waals surface area (Å²) in [7, 11) is 0. The lowest BCUT2D eigenvalue weighted by atomic mass is 10.1. The molecule has 0 aliphatic carbocycles. The number of hydrogen-bond acceptors (Lipinski definition) is 5. The van der Waals surface area contributed by atoms with Crippen LogP contribution < -0.4 is 5.73 Å². The highest BCUT2D eigenvalue weighted by molar-refractivity contribution is 7.97. The Labute approximate surface area is 170 Å². The van der Waals surface area contributed by atoms with Crippen molar-refractivity contribution in [2.75, 3.05) is 0 Å². The number of benzene rings is 2. The molecule has 0 saturated heterocycles. The van der Waals surface area contributed by atoms with Crippen LogP contribution in [0, 0.1) is 5.82 Å². The van der Waals surface area contributed by atoms with E-state index in [1.54, 1.807) is 33.4 Å². The highest BCUT2D eigenvalue weighted by Gasteiger charge is 2.31. The van der Waals surface area contributed by atoms with Gasteiger partial charge in [-0.25, -0.2) is 8.48 Å². The summed E-state index contributed by atoms with van der Waals surface area (Å²) in [4.78, 5) is 15.4. The van der Waals surface area contributed by atoms with Crippen molar-refractivity contribution < 1.29 is 13.6 Å². The van der Waals surface area contributed by atoms with Gasteiger partial charge in [-0.1, -0.05) is 18.2 Å². The van der Waals surface area contributed by atoms with Crippen molar-refractivity contribution in [2.45, 2.75) is 24.0 Å². The van der Waals surface area contributed by atoms with Crippen LogP contribution in [-0.4, -0.2) is 20.0 Å². The summed E-state index contributed by atoms with van der Waals surface area (Å²) in [5, 5.41) is 5.62. The molecule has 8 heteroatoms. The molecule has 3 heterocycles. The van der Waals surface area contributed by atoms with Crippen molar-refractivity contribution in [1.29, 1.82) is 0 Å². The molecule has 5 rings (SSSR count). The van der Waals surface area contributed by atoms with Crippen molar-refractivity contribution in [1.82, 2.24) is 14.1 Å². The van der Waals surface area contributed by atoms with Gasteiger partial charge in [-0.05, 0) is 30.3 Å². The van der Waals surface area contributed by atoms with Crippen LogP contribution in [0.3, 0.4) is 0 Å². The molecule has 1 amide bonds. The van der Waals surface area contributed by atoms with Crippen LogP contribution >= 0.6 is 11.9 Å². The Kier molecular flexibility index (Phi) is 4.37.